The summed E-state index contributed by atoms with van der Waals surface area (Å²) in [6, 6.07) is 16.7. The van der Waals surface area contributed by atoms with Gasteiger partial charge in [0, 0.05) is 44.0 Å². The van der Waals surface area contributed by atoms with Gasteiger partial charge in [-0.15, -0.1) is 0 Å². The zero-order chi connectivity index (χ0) is 17.9. The van der Waals surface area contributed by atoms with Crippen LogP contribution < -0.4 is 15.1 Å². The Hall–Kier alpha value is -2.53. The molecule has 0 atom stereocenters. The van der Waals surface area contributed by atoms with Gasteiger partial charge in [-0.05, 0) is 24.6 Å². The van der Waals surface area contributed by atoms with Crippen LogP contribution in [-0.4, -0.2) is 43.7 Å². The first-order valence-electron chi connectivity index (χ1n) is 9.46. The number of carbonyl (C=O) groups is 1. The molecule has 1 fully saturated rings. The van der Waals surface area contributed by atoms with Crippen molar-refractivity contribution >= 4 is 17.4 Å². The molecule has 2 aromatic rings. The number of amides is 2. The molecule has 4 rings (SSSR count). The third-order valence-electron chi connectivity index (χ3n) is 5.29. The van der Waals surface area contributed by atoms with Gasteiger partial charge < -0.3 is 15.1 Å². The molecular weight excluding hydrogens is 324 g/mol. The highest BCUT2D eigenvalue weighted by atomic mass is 16.2. The molecule has 2 aliphatic rings. The van der Waals surface area contributed by atoms with Crippen molar-refractivity contribution in [2.24, 2.45) is 0 Å². The van der Waals surface area contributed by atoms with Crippen molar-refractivity contribution in [3.05, 3.63) is 59.7 Å². The van der Waals surface area contributed by atoms with E-state index in [1.54, 1.807) is 0 Å². The number of piperazine rings is 1. The predicted octanol–water partition coefficient (Wildman–Crippen LogP) is 3.06. The van der Waals surface area contributed by atoms with E-state index in [1.165, 1.54) is 11.3 Å². The van der Waals surface area contributed by atoms with E-state index in [4.69, 9.17) is 0 Å². The summed E-state index contributed by atoms with van der Waals surface area (Å²) in [7, 11) is 0. The van der Waals surface area contributed by atoms with Crippen LogP contribution in [0.15, 0.2) is 48.5 Å². The van der Waals surface area contributed by atoms with Gasteiger partial charge in [-0.3, -0.25) is 4.90 Å². The van der Waals surface area contributed by atoms with Gasteiger partial charge in [0.25, 0.3) is 0 Å². The van der Waals surface area contributed by atoms with Crippen LogP contribution in [0.3, 0.4) is 0 Å². The number of rotatable bonds is 4. The van der Waals surface area contributed by atoms with Crippen LogP contribution in [0.2, 0.25) is 0 Å². The lowest BCUT2D eigenvalue weighted by molar-refractivity contribution is 0.201. The van der Waals surface area contributed by atoms with Crippen molar-refractivity contribution in [3.63, 3.8) is 0 Å². The van der Waals surface area contributed by atoms with Crippen molar-refractivity contribution < 1.29 is 4.79 Å². The van der Waals surface area contributed by atoms with Crippen LogP contribution in [0.4, 0.5) is 16.2 Å². The van der Waals surface area contributed by atoms with Crippen molar-refractivity contribution in [1.82, 2.24) is 10.2 Å². The molecule has 26 heavy (non-hydrogen) atoms. The average Bonchev–Trinajstić information content (AvgIpc) is 2.71. The smallest absolute Gasteiger partial charge is 0.325 e. The Morgan fingerprint density at radius 1 is 0.962 bits per heavy atom. The topological polar surface area (TPSA) is 38.8 Å². The summed E-state index contributed by atoms with van der Waals surface area (Å²) in [4.78, 5) is 19.4. The van der Waals surface area contributed by atoms with Gasteiger partial charge in [0.05, 0.1) is 18.8 Å². The van der Waals surface area contributed by atoms with Gasteiger partial charge in [-0.25, -0.2) is 4.79 Å². The standard InChI is InChI=1S/C21H26N4O/c1-2-23-16-18-19(24-13-11-22-12-14-24)9-6-10-20(18)25(21(23)26)15-17-7-4-3-5-8-17/h3-10,22H,2,11-16H2,1H3. The lowest BCUT2D eigenvalue weighted by atomic mass is 10.0. The highest BCUT2D eigenvalue weighted by molar-refractivity contribution is 5.96. The van der Waals surface area contributed by atoms with Crippen molar-refractivity contribution in [1.29, 1.82) is 0 Å². The van der Waals surface area contributed by atoms with E-state index in [1.807, 2.05) is 28.0 Å². The summed E-state index contributed by atoms with van der Waals surface area (Å²) in [5.41, 5.74) is 4.75. The maximum absolute atomic E-state index is 13.0. The first kappa shape index (κ1) is 16.9. The fourth-order valence-electron chi connectivity index (χ4n) is 3.88. The zero-order valence-electron chi connectivity index (χ0n) is 15.3. The Bertz CT molecular complexity index is 771. The maximum Gasteiger partial charge on any atom is 0.325 e. The fourth-order valence-corrected chi connectivity index (χ4v) is 3.88. The SMILES string of the molecule is CCN1Cc2c(N3CCNCC3)cccc2N(Cc2ccccc2)C1=O. The number of hydrogen-bond acceptors (Lipinski definition) is 3. The second-order valence-electron chi connectivity index (χ2n) is 6.88. The van der Waals surface area contributed by atoms with E-state index in [0.717, 1.165) is 44.0 Å². The number of nitrogens with zero attached hydrogens (tertiary/aromatic N) is 3. The molecule has 2 aliphatic heterocycles. The van der Waals surface area contributed by atoms with Gasteiger partial charge in [-0.2, -0.15) is 0 Å². The number of carbonyl (C=O) groups excluding carboxylic acids is 1. The average molecular weight is 350 g/mol. The third kappa shape index (κ3) is 3.15. The first-order valence-corrected chi connectivity index (χ1v) is 9.46. The normalized spacial score (nSPS) is 17.4. The van der Waals surface area contributed by atoms with Crippen LogP contribution >= 0.6 is 0 Å². The Morgan fingerprint density at radius 2 is 1.69 bits per heavy atom. The molecule has 5 nitrogen and oxygen atoms in total. The molecule has 0 spiro atoms. The van der Waals surface area contributed by atoms with Gasteiger partial charge in [-0.1, -0.05) is 36.4 Å². The molecule has 5 heteroatoms. The van der Waals surface area contributed by atoms with Crippen molar-refractivity contribution in [3.8, 4) is 0 Å². The summed E-state index contributed by atoms with van der Waals surface area (Å²) in [6.07, 6.45) is 0. The van der Waals surface area contributed by atoms with Gasteiger partial charge in [0.2, 0.25) is 0 Å². The monoisotopic (exact) mass is 350 g/mol. The van der Waals surface area contributed by atoms with Crippen LogP contribution in [0.1, 0.15) is 18.1 Å². The molecule has 0 bridgehead atoms. The molecule has 0 radical (unpaired) electrons. The van der Waals surface area contributed by atoms with Crippen LogP contribution in [0.5, 0.6) is 0 Å². The predicted molar refractivity (Wildman–Crippen MR) is 106 cm³/mol. The molecule has 1 N–H and O–H groups in total. The summed E-state index contributed by atoms with van der Waals surface area (Å²) in [5.74, 6) is 0. The van der Waals surface area contributed by atoms with Crippen molar-refractivity contribution in [2.45, 2.75) is 20.0 Å². The van der Waals surface area contributed by atoms with E-state index in [0.29, 0.717) is 13.1 Å². The minimum absolute atomic E-state index is 0.0984. The molecule has 1 saturated heterocycles. The van der Waals surface area contributed by atoms with E-state index in [2.05, 4.69) is 47.5 Å². The zero-order valence-corrected chi connectivity index (χ0v) is 15.3. The number of nitrogens with one attached hydrogen (secondary N) is 1. The maximum atomic E-state index is 13.0. The quantitative estimate of drug-likeness (QED) is 0.921. The van der Waals surface area contributed by atoms with Gasteiger partial charge in [0.1, 0.15) is 0 Å². The molecule has 0 unspecified atom stereocenters. The van der Waals surface area contributed by atoms with E-state index < -0.39 is 0 Å². The highest BCUT2D eigenvalue weighted by Crippen LogP contribution is 2.36. The minimum Gasteiger partial charge on any atom is -0.369 e. The van der Waals surface area contributed by atoms with Crippen molar-refractivity contribution in [2.75, 3.05) is 42.5 Å². The number of urea groups is 1. The number of hydrogen-bond donors (Lipinski definition) is 1. The molecule has 2 aromatic carbocycles. The van der Waals surface area contributed by atoms with E-state index >= 15 is 0 Å². The summed E-state index contributed by atoms with van der Waals surface area (Å²) >= 11 is 0. The fraction of sp³-hybridized carbons (Fsp3) is 0.381. The Morgan fingerprint density at radius 3 is 2.42 bits per heavy atom. The molecule has 0 saturated carbocycles. The molecule has 2 amide bonds. The van der Waals surface area contributed by atoms with Crippen LogP contribution in [0.25, 0.3) is 0 Å². The number of anilines is 2. The Balaban J connectivity index is 1.73. The van der Waals surface area contributed by atoms with Gasteiger partial charge in [0.15, 0.2) is 0 Å². The lowest BCUT2D eigenvalue weighted by Gasteiger charge is -2.40. The second kappa shape index (κ2) is 7.38. The summed E-state index contributed by atoms with van der Waals surface area (Å²) in [5, 5.41) is 3.42. The second-order valence-corrected chi connectivity index (χ2v) is 6.88. The number of benzene rings is 2. The summed E-state index contributed by atoms with van der Waals surface area (Å²) in [6.45, 7) is 8.10. The summed E-state index contributed by atoms with van der Waals surface area (Å²) < 4.78 is 0. The largest absolute Gasteiger partial charge is 0.369 e. The Kier molecular flexibility index (Phi) is 4.80. The van der Waals surface area contributed by atoms with Gasteiger partial charge >= 0.3 is 6.03 Å². The number of fused-ring (bicyclic) bond motifs is 1. The lowest BCUT2D eigenvalue weighted by Crippen LogP contribution is -2.48. The molecule has 136 valence electrons. The minimum atomic E-state index is 0.0984. The highest BCUT2D eigenvalue weighted by Gasteiger charge is 2.32. The third-order valence-corrected chi connectivity index (χ3v) is 5.29. The van der Waals surface area contributed by atoms with Crippen LogP contribution in [-0.2, 0) is 13.1 Å². The molecule has 0 aliphatic carbocycles. The van der Waals surface area contributed by atoms with Crippen LogP contribution in [0, 0.1) is 0 Å². The molecule has 0 aromatic heterocycles. The molecular formula is C21H26N4O. The molecule has 2 heterocycles. The van der Waals surface area contributed by atoms with E-state index in [9.17, 15) is 4.79 Å². The Labute approximate surface area is 155 Å². The first-order chi connectivity index (χ1) is 12.8. The van der Waals surface area contributed by atoms with E-state index in [-0.39, 0.29) is 6.03 Å².